The maximum Gasteiger partial charge on any atom is 0.341 e. The summed E-state index contributed by atoms with van der Waals surface area (Å²) in [7, 11) is 0. The Balaban J connectivity index is 2.10. The summed E-state index contributed by atoms with van der Waals surface area (Å²) in [6.45, 7) is 1.76. The zero-order valence-corrected chi connectivity index (χ0v) is 14.1. The first-order valence-corrected chi connectivity index (χ1v) is 8.36. The molecule has 26 heavy (non-hydrogen) atoms. The molecule has 0 atom stereocenters. The molecule has 1 saturated carbocycles. The van der Waals surface area contributed by atoms with Gasteiger partial charge in [-0.1, -0.05) is 12.1 Å². The van der Waals surface area contributed by atoms with E-state index in [4.69, 9.17) is 5.73 Å². The highest BCUT2D eigenvalue weighted by atomic mass is 19.1. The average Bonchev–Trinajstić information content (AvgIpc) is 3.42. The van der Waals surface area contributed by atoms with Gasteiger partial charge in [-0.15, -0.1) is 0 Å². The molecule has 1 aliphatic carbocycles. The topological polar surface area (TPSA) is 84.8 Å². The van der Waals surface area contributed by atoms with Gasteiger partial charge in [0.15, 0.2) is 0 Å². The van der Waals surface area contributed by atoms with E-state index in [0.717, 1.165) is 29.0 Å². The number of carbonyl (C=O) groups is 1. The Morgan fingerprint density at radius 3 is 2.50 bits per heavy atom. The summed E-state index contributed by atoms with van der Waals surface area (Å²) >= 11 is 0. The van der Waals surface area contributed by atoms with Crippen molar-refractivity contribution >= 4 is 17.2 Å². The minimum atomic E-state index is -1.30. The maximum absolute atomic E-state index is 14.9. The molecule has 3 N–H and O–H groups in total. The number of aryl methyl sites for hydroxylation is 1. The van der Waals surface area contributed by atoms with E-state index in [1.807, 2.05) is 0 Å². The molecule has 0 bridgehead atoms. The number of rotatable bonds is 3. The first-order valence-electron chi connectivity index (χ1n) is 8.36. The van der Waals surface area contributed by atoms with Crippen LogP contribution in [0.25, 0.3) is 16.6 Å². The summed E-state index contributed by atoms with van der Waals surface area (Å²) in [5, 5.41) is 9.33. The lowest BCUT2D eigenvalue weighted by molar-refractivity contribution is 0.0694. The molecule has 0 unspecified atom stereocenters. The largest absolute Gasteiger partial charge is 0.477 e. The number of carboxylic acids is 1. The number of hydrogen-bond donors (Lipinski definition) is 2. The molecule has 1 fully saturated rings. The molecule has 132 valence electrons. The van der Waals surface area contributed by atoms with Gasteiger partial charge in [-0.05, 0) is 60.6 Å². The van der Waals surface area contributed by atoms with Crippen LogP contribution in [0.3, 0.4) is 0 Å². The van der Waals surface area contributed by atoms with Gasteiger partial charge in [-0.2, -0.15) is 0 Å². The average molecular weight is 352 g/mol. The fourth-order valence-corrected chi connectivity index (χ4v) is 3.51. The van der Waals surface area contributed by atoms with Crippen LogP contribution in [0.4, 0.5) is 10.1 Å². The zero-order valence-electron chi connectivity index (χ0n) is 14.1. The second-order valence-corrected chi connectivity index (χ2v) is 6.72. The van der Waals surface area contributed by atoms with Crippen molar-refractivity contribution in [3.05, 3.63) is 69.4 Å². The van der Waals surface area contributed by atoms with E-state index >= 15 is 0 Å². The van der Waals surface area contributed by atoms with Crippen LogP contribution in [0.1, 0.15) is 40.2 Å². The second-order valence-electron chi connectivity index (χ2n) is 6.72. The molecule has 1 aromatic carbocycles. The number of nitrogens with two attached hydrogens (primary N) is 1. The Labute approximate surface area is 148 Å². The van der Waals surface area contributed by atoms with Crippen molar-refractivity contribution in [1.29, 1.82) is 0 Å². The normalized spacial score (nSPS) is 13.9. The van der Waals surface area contributed by atoms with Crippen LogP contribution in [-0.4, -0.2) is 15.5 Å². The van der Waals surface area contributed by atoms with Crippen LogP contribution >= 0.6 is 0 Å². The summed E-state index contributed by atoms with van der Waals surface area (Å²) in [6, 6.07) is 8.31. The first-order chi connectivity index (χ1) is 12.4. The van der Waals surface area contributed by atoms with E-state index in [1.54, 1.807) is 31.2 Å². The van der Waals surface area contributed by atoms with Crippen LogP contribution in [0.2, 0.25) is 0 Å². The number of nitrogens with zero attached hydrogens (tertiary/aromatic N) is 1. The van der Waals surface area contributed by atoms with E-state index in [1.165, 1.54) is 6.07 Å². The molecule has 0 aliphatic heterocycles. The minimum Gasteiger partial charge on any atom is -0.477 e. The molecular formula is C20H17FN2O3. The monoisotopic (exact) mass is 352 g/mol. The Morgan fingerprint density at radius 1 is 1.27 bits per heavy atom. The zero-order chi connectivity index (χ0) is 18.6. The summed E-state index contributed by atoms with van der Waals surface area (Å²) in [6.07, 6.45) is 2.95. The van der Waals surface area contributed by atoms with Crippen molar-refractivity contribution in [3.8, 4) is 11.1 Å². The molecule has 0 spiro atoms. The van der Waals surface area contributed by atoms with Crippen LogP contribution in [0.15, 0.2) is 41.3 Å². The number of benzene rings is 1. The minimum absolute atomic E-state index is 0.201. The Kier molecular flexibility index (Phi) is 3.57. The van der Waals surface area contributed by atoms with Gasteiger partial charge in [0.05, 0.1) is 5.52 Å². The van der Waals surface area contributed by atoms with Gasteiger partial charge in [0.1, 0.15) is 11.4 Å². The molecule has 0 radical (unpaired) electrons. The smallest absolute Gasteiger partial charge is 0.341 e. The molecule has 2 aromatic heterocycles. The van der Waals surface area contributed by atoms with Gasteiger partial charge in [0.25, 0.3) is 5.56 Å². The Bertz CT molecular complexity index is 1110. The Hall–Kier alpha value is -3.15. The molecule has 1 aliphatic rings. The quantitative estimate of drug-likeness (QED) is 0.706. The van der Waals surface area contributed by atoms with Crippen LogP contribution in [0.5, 0.6) is 0 Å². The number of nitrogen functional groups attached to an aromatic ring is 1. The SMILES string of the molecule is Cc1c(-c2ccc(N)cc2)c(F)cn2c(=O)c(C(=O)O)cc(C3CC3)c12. The van der Waals surface area contributed by atoms with Gasteiger partial charge in [0.2, 0.25) is 0 Å². The summed E-state index contributed by atoms with van der Waals surface area (Å²) in [5.41, 5.74) is 8.30. The fourth-order valence-electron chi connectivity index (χ4n) is 3.51. The lowest BCUT2D eigenvalue weighted by Gasteiger charge is -2.16. The van der Waals surface area contributed by atoms with E-state index in [0.29, 0.717) is 27.9 Å². The summed E-state index contributed by atoms with van der Waals surface area (Å²) in [5.74, 6) is -1.68. The molecular weight excluding hydrogens is 335 g/mol. The van der Waals surface area contributed by atoms with Gasteiger partial charge in [-0.25, -0.2) is 9.18 Å². The number of hydrogen-bond acceptors (Lipinski definition) is 3. The lowest BCUT2D eigenvalue weighted by atomic mass is 9.96. The summed E-state index contributed by atoms with van der Waals surface area (Å²) < 4.78 is 16.0. The van der Waals surface area contributed by atoms with Crippen molar-refractivity contribution in [3.63, 3.8) is 0 Å². The number of halogens is 1. The van der Waals surface area contributed by atoms with Gasteiger partial charge >= 0.3 is 5.97 Å². The standard InChI is InChI=1S/C20H17FN2O3/c1-10-17(12-4-6-13(22)7-5-12)16(21)9-23-18(10)14(11-2-3-11)8-15(19(23)24)20(25)26/h4-9,11H,2-3,22H2,1H3,(H,25,26). The molecule has 2 heterocycles. The number of pyridine rings is 2. The van der Waals surface area contributed by atoms with Crippen LogP contribution < -0.4 is 11.3 Å². The highest BCUT2D eigenvalue weighted by Gasteiger charge is 2.30. The van der Waals surface area contributed by atoms with Crippen LogP contribution in [-0.2, 0) is 0 Å². The van der Waals surface area contributed by atoms with Gasteiger partial charge in [-0.3, -0.25) is 9.20 Å². The van der Waals surface area contributed by atoms with E-state index in [2.05, 4.69) is 0 Å². The highest BCUT2D eigenvalue weighted by Crippen LogP contribution is 2.43. The molecule has 3 aromatic rings. The number of fused-ring (bicyclic) bond motifs is 1. The van der Waals surface area contributed by atoms with Gasteiger partial charge < -0.3 is 10.8 Å². The third kappa shape index (κ3) is 2.45. The predicted octanol–water partition coefficient (Wildman–Crippen LogP) is 3.57. The third-order valence-corrected chi connectivity index (χ3v) is 4.92. The number of aromatic nitrogens is 1. The molecule has 0 saturated heterocycles. The van der Waals surface area contributed by atoms with E-state index < -0.39 is 17.3 Å². The van der Waals surface area contributed by atoms with Crippen molar-refractivity contribution in [2.24, 2.45) is 0 Å². The second kappa shape index (κ2) is 5.69. The van der Waals surface area contributed by atoms with Crippen molar-refractivity contribution in [2.45, 2.75) is 25.7 Å². The molecule has 6 heteroatoms. The predicted molar refractivity (Wildman–Crippen MR) is 97.1 cm³/mol. The molecule has 0 amide bonds. The van der Waals surface area contributed by atoms with Crippen molar-refractivity contribution in [2.75, 3.05) is 5.73 Å². The highest BCUT2D eigenvalue weighted by molar-refractivity contribution is 5.89. The molecule has 5 nitrogen and oxygen atoms in total. The maximum atomic E-state index is 14.9. The van der Waals surface area contributed by atoms with Crippen LogP contribution in [0, 0.1) is 12.7 Å². The third-order valence-electron chi connectivity index (χ3n) is 4.92. The number of aromatic carboxylic acids is 1. The van der Waals surface area contributed by atoms with Crippen molar-refractivity contribution < 1.29 is 14.3 Å². The summed E-state index contributed by atoms with van der Waals surface area (Å²) in [4.78, 5) is 24.0. The molecule has 4 rings (SSSR count). The first kappa shape index (κ1) is 16.3. The van der Waals surface area contributed by atoms with Crippen molar-refractivity contribution in [1.82, 2.24) is 4.40 Å². The fraction of sp³-hybridized carbons (Fsp3) is 0.200. The lowest BCUT2D eigenvalue weighted by Crippen LogP contribution is -2.24. The van der Waals surface area contributed by atoms with E-state index in [9.17, 15) is 19.1 Å². The van der Waals surface area contributed by atoms with Gasteiger partial charge in [0, 0.05) is 17.4 Å². The van der Waals surface area contributed by atoms with E-state index in [-0.39, 0.29) is 11.5 Å². The Morgan fingerprint density at radius 2 is 1.92 bits per heavy atom. The number of anilines is 1. The number of carboxylic acid groups (broad SMARTS) is 1.